The number of carbonyl (C=O) groups excluding carboxylic acids is 1. The molecule has 2 N–H and O–H groups in total. The highest BCUT2D eigenvalue weighted by Crippen LogP contribution is 2.27. The van der Waals surface area contributed by atoms with Crippen molar-refractivity contribution in [2.45, 2.75) is 57.6 Å². The fraction of sp³-hybridized carbons (Fsp3) is 0.552. The van der Waals surface area contributed by atoms with Gasteiger partial charge >= 0.3 is 5.97 Å². The van der Waals surface area contributed by atoms with E-state index in [-0.39, 0.29) is 17.7 Å². The van der Waals surface area contributed by atoms with Crippen molar-refractivity contribution in [3.05, 3.63) is 51.9 Å². The largest absolute Gasteiger partial charge is 0.459 e. The third-order valence-corrected chi connectivity index (χ3v) is 7.78. The predicted molar refractivity (Wildman–Crippen MR) is 150 cm³/mol. The van der Waals surface area contributed by atoms with Gasteiger partial charge in [-0.3, -0.25) is 19.8 Å². The quantitative estimate of drug-likeness (QED) is 0.377. The third kappa shape index (κ3) is 6.13. The van der Waals surface area contributed by atoms with Crippen molar-refractivity contribution in [2.24, 2.45) is 7.05 Å². The highest BCUT2D eigenvalue weighted by atomic mass is 16.6. The van der Waals surface area contributed by atoms with Gasteiger partial charge in [0.1, 0.15) is 18.0 Å². The number of aromatic nitrogens is 3. The van der Waals surface area contributed by atoms with Gasteiger partial charge in [-0.25, -0.2) is 4.98 Å². The van der Waals surface area contributed by atoms with Gasteiger partial charge in [-0.05, 0) is 44.7 Å². The van der Waals surface area contributed by atoms with Crippen LogP contribution in [0.3, 0.4) is 0 Å². The van der Waals surface area contributed by atoms with Gasteiger partial charge in [0.25, 0.3) is 5.56 Å². The molecule has 2 saturated heterocycles. The number of hydrogen-bond acceptors (Lipinski definition) is 9. The number of imidazole rings is 1. The minimum absolute atomic E-state index is 0.0353. The average molecular weight is 554 g/mol. The minimum atomic E-state index is -0.924. The van der Waals surface area contributed by atoms with Crippen LogP contribution in [0.25, 0.3) is 22.4 Å². The van der Waals surface area contributed by atoms with Crippen molar-refractivity contribution < 1.29 is 24.1 Å². The highest BCUT2D eigenvalue weighted by molar-refractivity contribution is 5.81. The lowest BCUT2D eigenvalue weighted by molar-refractivity contribution is -0.154. The SMILES string of the molecule is Cc1cc(-c2nc3cc(CN[C@H](C(=O)O[C@@H]4CCOC4)[C@H](C)O)ccc3n2CC2COCCN2C)cn(C)c1=O. The summed E-state index contributed by atoms with van der Waals surface area (Å²) >= 11 is 0. The van der Waals surface area contributed by atoms with Crippen LogP contribution in [0.1, 0.15) is 24.5 Å². The number of pyridine rings is 1. The Kier molecular flexibility index (Phi) is 8.67. The molecule has 1 unspecified atom stereocenters. The Morgan fingerprint density at radius 2 is 2.02 bits per heavy atom. The molecule has 0 bridgehead atoms. The summed E-state index contributed by atoms with van der Waals surface area (Å²) in [4.78, 5) is 32.4. The van der Waals surface area contributed by atoms with Crippen molar-refractivity contribution in [3.8, 4) is 11.4 Å². The molecule has 2 fully saturated rings. The Labute approximate surface area is 233 Å². The maximum Gasteiger partial charge on any atom is 0.326 e. The normalized spacial score (nSPS) is 21.5. The number of nitrogens with zero attached hydrogens (tertiary/aromatic N) is 4. The first-order valence-corrected chi connectivity index (χ1v) is 13.9. The van der Waals surface area contributed by atoms with E-state index in [2.05, 4.69) is 21.8 Å². The van der Waals surface area contributed by atoms with Gasteiger partial charge in [-0.1, -0.05) is 6.07 Å². The van der Waals surface area contributed by atoms with Crippen molar-refractivity contribution in [1.29, 1.82) is 0 Å². The Hall–Kier alpha value is -3.09. The van der Waals surface area contributed by atoms with Crippen molar-refractivity contribution >= 4 is 17.0 Å². The van der Waals surface area contributed by atoms with Gasteiger partial charge in [-0.2, -0.15) is 0 Å². The molecule has 3 aromatic rings. The molecule has 2 aliphatic heterocycles. The first-order chi connectivity index (χ1) is 19.2. The van der Waals surface area contributed by atoms with Gasteiger partial charge in [0.2, 0.25) is 0 Å². The number of benzene rings is 1. The zero-order chi connectivity index (χ0) is 28.4. The molecular weight excluding hydrogens is 514 g/mol. The number of likely N-dealkylation sites (N-methyl/N-ethyl adjacent to an activating group) is 1. The molecule has 0 amide bonds. The second-order valence-electron chi connectivity index (χ2n) is 10.9. The van der Waals surface area contributed by atoms with Crippen LogP contribution in [-0.2, 0) is 39.1 Å². The lowest BCUT2D eigenvalue weighted by atomic mass is 10.1. The van der Waals surface area contributed by atoms with Gasteiger partial charge in [0, 0.05) is 50.4 Å². The molecule has 1 aromatic carbocycles. The molecule has 11 heteroatoms. The lowest BCUT2D eigenvalue weighted by Crippen LogP contribution is -2.46. The van der Waals surface area contributed by atoms with E-state index in [1.807, 2.05) is 37.4 Å². The number of aliphatic hydroxyl groups is 1. The van der Waals surface area contributed by atoms with Crippen LogP contribution in [-0.4, -0.2) is 94.4 Å². The maximum absolute atomic E-state index is 12.7. The minimum Gasteiger partial charge on any atom is -0.459 e. The number of morpholine rings is 1. The molecule has 0 radical (unpaired) electrons. The van der Waals surface area contributed by atoms with Crippen LogP contribution >= 0.6 is 0 Å². The first kappa shape index (κ1) is 28.4. The summed E-state index contributed by atoms with van der Waals surface area (Å²) in [6.45, 7) is 7.59. The van der Waals surface area contributed by atoms with E-state index in [0.717, 1.165) is 41.1 Å². The maximum atomic E-state index is 12.7. The molecule has 0 spiro atoms. The first-order valence-electron chi connectivity index (χ1n) is 13.9. The number of nitrogens with one attached hydrogen (secondary N) is 1. The van der Waals surface area contributed by atoms with Crippen LogP contribution in [0.2, 0.25) is 0 Å². The zero-order valence-corrected chi connectivity index (χ0v) is 23.6. The van der Waals surface area contributed by atoms with Crippen LogP contribution in [0, 0.1) is 6.92 Å². The fourth-order valence-electron chi connectivity index (χ4n) is 5.35. The smallest absolute Gasteiger partial charge is 0.326 e. The fourth-order valence-corrected chi connectivity index (χ4v) is 5.35. The van der Waals surface area contributed by atoms with Crippen LogP contribution in [0.5, 0.6) is 0 Å². The second kappa shape index (κ2) is 12.2. The van der Waals surface area contributed by atoms with E-state index in [9.17, 15) is 14.7 Å². The summed E-state index contributed by atoms with van der Waals surface area (Å²) in [7, 11) is 3.86. The van der Waals surface area contributed by atoms with Crippen molar-refractivity contribution in [2.75, 3.05) is 40.0 Å². The van der Waals surface area contributed by atoms with E-state index >= 15 is 0 Å². The molecule has 2 aliphatic rings. The number of hydrogen-bond donors (Lipinski definition) is 2. The number of fused-ring (bicyclic) bond motifs is 1. The van der Waals surface area contributed by atoms with E-state index in [1.165, 1.54) is 0 Å². The summed E-state index contributed by atoms with van der Waals surface area (Å²) in [6, 6.07) is 7.24. The predicted octanol–water partition coefficient (Wildman–Crippen LogP) is 1.21. The number of carbonyl (C=O) groups is 1. The molecule has 2 aromatic heterocycles. The Bertz CT molecular complexity index is 1380. The van der Waals surface area contributed by atoms with Crippen molar-refractivity contribution in [1.82, 2.24) is 24.3 Å². The van der Waals surface area contributed by atoms with E-state index in [4.69, 9.17) is 19.2 Å². The number of rotatable bonds is 9. The number of esters is 1. The lowest BCUT2D eigenvalue weighted by Gasteiger charge is -2.33. The topological polar surface area (TPSA) is 120 Å². The van der Waals surface area contributed by atoms with Gasteiger partial charge < -0.3 is 28.5 Å². The molecule has 5 rings (SSSR count). The molecule has 40 heavy (non-hydrogen) atoms. The van der Waals surface area contributed by atoms with E-state index in [0.29, 0.717) is 44.9 Å². The zero-order valence-electron chi connectivity index (χ0n) is 23.6. The van der Waals surface area contributed by atoms with Crippen LogP contribution in [0.15, 0.2) is 35.3 Å². The van der Waals surface area contributed by atoms with Crippen LogP contribution in [0.4, 0.5) is 0 Å². The van der Waals surface area contributed by atoms with Gasteiger partial charge in [0.05, 0.1) is 49.6 Å². The molecule has 216 valence electrons. The molecule has 0 aliphatic carbocycles. The summed E-state index contributed by atoms with van der Waals surface area (Å²) in [5, 5.41) is 13.4. The molecule has 4 heterocycles. The highest BCUT2D eigenvalue weighted by Gasteiger charge is 2.29. The Morgan fingerprint density at radius 3 is 2.73 bits per heavy atom. The van der Waals surface area contributed by atoms with E-state index < -0.39 is 18.1 Å². The summed E-state index contributed by atoms with van der Waals surface area (Å²) < 4.78 is 20.4. The summed E-state index contributed by atoms with van der Waals surface area (Å²) in [5.74, 6) is 0.295. The summed E-state index contributed by atoms with van der Waals surface area (Å²) in [5.41, 5.74) is 4.17. The molecule has 0 saturated carbocycles. The molecule has 11 nitrogen and oxygen atoms in total. The second-order valence-corrected chi connectivity index (χ2v) is 10.9. The van der Waals surface area contributed by atoms with Gasteiger partial charge in [-0.15, -0.1) is 0 Å². The van der Waals surface area contributed by atoms with Crippen molar-refractivity contribution in [3.63, 3.8) is 0 Å². The average Bonchev–Trinajstić information content (AvgIpc) is 3.56. The monoisotopic (exact) mass is 553 g/mol. The molecule has 4 atom stereocenters. The standard InChI is InChI=1S/C29H39N5O6/c1-18-11-21(14-33(4)28(18)36)27-31-24-12-20(5-6-25(24)34(27)15-22-16-39-10-8-32(22)3)13-30-26(19(2)35)29(37)40-23-7-9-38-17-23/h5-6,11-12,14,19,22-23,26,30,35H,7-10,13,15-17H2,1-4H3/t19-,22?,23+,26-/m0/s1. The van der Waals surface area contributed by atoms with E-state index in [1.54, 1.807) is 18.5 Å². The Morgan fingerprint density at radius 1 is 1.23 bits per heavy atom. The summed E-state index contributed by atoms with van der Waals surface area (Å²) in [6.07, 6.45) is 1.29. The van der Waals surface area contributed by atoms with Crippen LogP contribution < -0.4 is 10.9 Å². The third-order valence-electron chi connectivity index (χ3n) is 7.78. The Balaban J connectivity index is 1.43. The number of aliphatic hydroxyl groups excluding tert-OH is 1. The number of aryl methyl sites for hydroxylation is 2. The number of ether oxygens (including phenoxy) is 3. The van der Waals surface area contributed by atoms with Gasteiger partial charge in [0.15, 0.2) is 0 Å². The molecular formula is C29H39N5O6.